The summed E-state index contributed by atoms with van der Waals surface area (Å²) in [7, 11) is 0. The molecule has 2 nitrogen and oxygen atoms in total. The van der Waals surface area contributed by atoms with Gasteiger partial charge in [0.05, 0.1) is 0 Å². The second-order valence-corrected chi connectivity index (χ2v) is 4.57. The zero-order valence-corrected chi connectivity index (χ0v) is 10.2. The molecule has 0 radical (unpaired) electrons. The Balaban J connectivity index is 2.34. The average molecular weight is 280 g/mol. The first-order valence-corrected chi connectivity index (χ1v) is 5.88. The monoisotopic (exact) mass is 280 g/mol. The number of benzene rings is 1. The maximum atomic E-state index is 13.5. The van der Waals surface area contributed by atoms with Gasteiger partial charge in [-0.15, -0.1) is 0 Å². The van der Waals surface area contributed by atoms with Gasteiger partial charge in [0.1, 0.15) is 0 Å². The minimum Gasteiger partial charge on any atom is -0.314 e. The Morgan fingerprint density at radius 3 is 2.05 bits per heavy atom. The highest BCUT2D eigenvalue weighted by Gasteiger charge is 2.28. The molecule has 0 aliphatic carbocycles. The van der Waals surface area contributed by atoms with Crippen molar-refractivity contribution in [3.05, 3.63) is 34.6 Å². The Labute approximate surface area is 107 Å². The third-order valence-corrected chi connectivity index (χ3v) is 3.30. The summed E-state index contributed by atoms with van der Waals surface area (Å²) in [6.07, 6.45) is 0. The first-order valence-electron chi connectivity index (χ1n) is 5.88. The van der Waals surface area contributed by atoms with E-state index in [4.69, 9.17) is 0 Å². The summed E-state index contributed by atoms with van der Waals surface area (Å²) in [4.78, 5) is 1.68. The van der Waals surface area contributed by atoms with Crippen molar-refractivity contribution < 1.29 is 22.0 Å². The van der Waals surface area contributed by atoms with Crippen molar-refractivity contribution in [2.45, 2.75) is 19.5 Å². The van der Waals surface area contributed by atoms with Crippen molar-refractivity contribution in [3.63, 3.8) is 0 Å². The van der Waals surface area contributed by atoms with Gasteiger partial charge in [-0.1, -0.05) is 0 Å². The van der Waals surface area contributed by atoms with Crippen LogP contribution in [0.3, 0.4) is 0 Å². The first-order chi connectivity index (χ1) is 8.93. The van der Waals surface area contributed by atoms with Crippen molar-refractivity contribution in [2.75, 3.05) is 19.6 Å². The fourth-order valence-electron chi connectivity index (χ4n) is 2.11. The normalized spacial score (nSPS) is 20.8. The predicted molar refractivity (Wildman–Crippen MR) is 59.0 cm³/mol. The zero-order valence-electron chi connectivity index (χ0n) is 10.2. The van der Waals surface area contributed by atoms with Gasteiger partial charge in [0, 0.05) is 37.8 Å². The van der Waals surface area contributed by atoms with Gasteiger partial charge >= 0.3 is 0 Å². The maximum absolute atomic E-state index is 13.5. The Bertz CT molecular complexity index is 462. The van der Waals surface area contributed by atoms with Gasteiger partial charge in [-0.2, -0.15) is 0 Å². The van der Waals surface area contributed by atoms with Crippen LogP contribution in [0.2, 0.25) is 0 Å². The van der Waals surface area contributed by atoms with Crippen LogP contribution in [0.4, 0.5) is 22.0 Å². The van der Waals surface area contributed by atoms with Crippen LogP contribution in [0.1, 0.15) is 12.5 Å². The second-order valence-electron chi connectivity index (χ2n) is 4.57. The van der Waals surface area contributed by atoms with Gasteiger partial charge in [0.25, 0.3) is 0 Å². The summed E-state index contributed by atoms with van der Waals surface area (Å²) in [6.45, 7) is 3.22. The number of hydrogen-bond acceptors (Lipinski definition) is 2. The van der Waals surface area contributed by atoms with Crippen molar-refractivity contribution in [3.8, 4) is 0 Å². The molecule has 0 unspecified atom stereocenters. The average Bonchev–Trinajstić information content (AvgIpc) is 2.41. The summed E-state index contributed by atoms with van der Waals surface area (Å²) < 4.78 is 66.1. The number of hydrogen-bond donors (Lipinski definition) is 1. The lowest BCUT2D eigenvalue weighted by molar-refractivity contribution is 0.160. The second kappa shape index (κ2) is 5.42. The molecule has 1 N–H and O–H groups in total. The summed E-state index contributed by atoms with van der Waals surface area (Å²) in [5.74, 6) is -9.40. The third kappa shape index (κ3) is 2.57. The lowest BCUT2D eigenvalue weighted by Crippen LogP contribution is -2.49. The highest BCUT2D eigenvalue weighted by molar-refractivity contribution is 5.24. The molecule has 1 fully saturated rings. The molecule has 19 heavy (non-hydrogen) atoms. The van der Waals surface area contributed by atoms with Gasteiger partial charge in [0.15, 0.2) is 23.3 Å². The summed E-state index contributed by atoms with van der Waals surface area (Å²) in [5.41, 5.74) is -0.773. The van der Waals surface area contributed by atoms with Crippen LogP contribution in [0.5, 0.6) is 0 Å². The molecule has 1 saturated heterocycles. The molecule has 1 aliphatic heterocycles. The van der Waals surface area contributed by atoms with Gasteiger partial charge in [0.2, 0.25) is 5.82 Å². The van der Waals surface area contributed by atoms with Crippen LogP contribution >= 0.6 is 0 Å². The zero-order chi connectivity index (χ0) is 14.2. The van der Waals surface area contributed by atoms with Gasteiger partial charge < -0.3 is 5.32 Å². The van der Waals surface area contributed by atoms with E-state index in [9.17, 15) is 22.0 Å². The minimum absolute atomic E-state index is 0.0382. The molecule has 0 aromatic heterocycles. The molecule has 1 heterocycles. The van der Waals surface area contributed by atoms with Gasteiger partial charge in [-0.25, -0.2) is 22.0 Å². The van der Waals surface area contributed by atoms with Gasteiger partial charge in [-0.05, 0) is 6.92 Å². The lowest BCUT2D eigenvalue weighted by Gasteiger charge is -2.34. The number of nitrogens with one attached hydrogen (secondary N) is 1. The molecule has 1 aromatic carbocycles. The number of halogens is 5. The quantitative estimate of drug-likeness (QED) is 0.507. The predicted octanol–water partition coefficient (Wildman–Crippen LogP) is 2.18. The van der Waals surface area contributed by atoms with E-state index in [1.165, 1.54) is 0 Å². The van der Waals surface area contributed by atoms with E-state index < -0.39 is 34.6 Å². The molecule has 0 bridgehead atoms. The van der Waals surface area contributed by atoms with Crippen LogP contribution in [-0.4, -0.2) is 30.6 Å². The van der Waals surface area contributed by atoms with Crippen LogP contribution < -0.4 is 5.32 Å². The van der Waals surface area contributed by atoms with Crippen LogP contribution in [0, 0.1) is 29.1 Å². The van der Waals surface area contributed by atoms with Gasteiger partial charge in [-0.3, -0.25) is 4.90 Å². The smallest absolute Gasteiger partial charge is 0.200 e. The summed E-state index contributed by atoms with van der Waals surface area (Å²) in [6, 6.07) is -0.0382. The lowest BCUT2D eigenvalue weighted by atomic mass is 10.1. The van der Waals surface area contributed by atoms with E-state index >= 15 is 0 Å². The maximum Gasteiger partial charge on any atom is 0.200 e. The van der Waals surface area contributed by atoms with Crippen molar-refractivity contribution in [2.24, 2.45) is 0 Å². The van der Waals surface area contributed by atoms with E-state index in [1.54, 1.807) is 4.90 Å². The number of rotatable bonds is 2. The molecule has 0 amide bonds. The Morgan fingerprint density at radius 2 is 1.53 bits per heavy atom. The van der Waals surface area contributed by atoms with E-state index in [1.807, 2.05) is 6.92 Å². The number of piperazine rings is 1. The summed E-state index contributed by atoms with van der Waals surface area (Å²) in [5, 5.41) is 3.07. The fourth-order valence-corrected chi connectivity index (χ4v) is 2.11. The molecular weight excluding hydrogens is 267 g/mol. The Hall–Kier alpha value is -1.21. The van der Waals surface area contributed by atoms with E-state index in [2.05, 4.69) is 5.32 Å². The van der Waals surface area contributed by atoms with Crippen molar-refractivity contribution in [1.29, 1.82) is 0 Å². The van der Waals surface area contributed by atoms with E-state index in [0.29, 0.717) is 19.6 Å². The van der Waals surface area contributed by atoms with Crippen LogP contribution in [0.15, 0.2) is 0 Å². The van der Waals surface area contributed by atoms with Crippen LogP contribution in [0.25, 0.3) is 0 Å². The molecule has 0 spiro atoms. The molecule has 1 atom stereocenters. The molecule has 7 heteroatoms. The molecule has 1 aromatic rings. The molecule has 1 aliphatic rings. The van der Waals surface area contributed by atoms with Crippen molar-refractivity contribution >= 4 is 0 Å². The SMILES string of the molecule is C[C@@H]1CNCCN1Cc1c(F)c(F)c(F)c(F)c1F. The molecule has 106 valence electrons. The molecule has 0 saturated carbocycles. The Morgan fingerprint density at radius 1 is 1.00 bits per heavy atom. The van der Waals surface area contributed by atoms with E-state index in [-0.39, 0.29) is 12.6 Å². The van der Waals surface area contributed by atoms with E-state index in [0.717, 1.165) is 0 Å². The first kappa shape index (κ1) is 14.2. The largest absolute Gasteiger partial charge is 0.314 e. The minimum atomic E-state index is -2.12. The number of nitrogens with zero attached hydrogens (tertiary/aromatic N) is 1. The van der Waals surface area contributed by atoms with Crippen LogP contribution in [-0.2, 0) is 6.54 Å². The van der Waals surface area contributed by atoms with Crippen molar-refractivity contribution in [1.82, 2.24) is 10.2 Å². The topological polar surface area (TPSA) is 15.3 Å². The summed E-state index contributed by atoms with van der Waals surface area (Å²) >= 11 is 0. The molecule has 2 rings (SSSR count). The third-order valence-electron chi connectivity index (χ3n) is 3.30. The molecular formula is C12H13F5N2. The standard InChI is InChI=1S/C12H13F5N2/c1-6-4-18-2-3-19(6)5-7-8(13)10(15)12(17)11(16)9(7)14/h6,18H,2-5H2,1H3/t6-/m1/s1. The highest BCUT2D eigenvalue weighted by Crippen LogP contribution is 2.24. The fraction of sp³-hybridized carbons (Fsp3) is 0.500. The Kier molecular flexibility index (Phi) is 4.05. The highest BCUT2D eigenvalue weighted by atomic mass is 19.2.